The molecule has 15 heavy (non-hydrogen) atoms. The molecule has 0 saturated heterocycles. The lowest BCUT2D eigenvalue weighted by molar-refractivity contribution is 0.0990. The topological polar surface area (TPSA) is 65.2 Å². The Hall–Kier alpha value is -1.23. The summed E-state index contributed by atoms with van der Waals surface area (Å²) in [6, 6.07) is 1.82. The molecular formula is C10H12N2O2S. The summed E-state index contributed by atoms with van der Waals surface area (Å²) in [5, 5.41) is 0. The van der Waals surface area contributed by atoms with Gasteiger partial charge in [-0.05, 0) is 25.2 Å². The van der Waals surface area contributed by atoms with Gasteiger partial charge in [0.05, 0.1) is 6.10 Å². The van der Waals surface area contributed by atoms with Gasteiger partial charge in [-0.1, -0.05) is 0 Å². The Kier molecular flexibility index (Phi) is 2.81. The highest BCUT2D eigenvalue weighted by Gasteiger charge is 2.26. The lowest BCUT2D eigenvalue weighted by Gasteiger charge is -2.08. The van der Waals surface area contributed by atoms with Gasteiger partial charge < -0.3 is 10.5 Å². The number of amides is 1. The highest BCUT2D eigenvalue weighted by atomic mass is 32.2. The Morgan fingerprint density at radius 3 is 2.93 bits per heavy atom. The van der Waals surface area contributed by atoms with Crippen LogP contribution in [0.4, 0.5) is 0 Å². The first kappa shape index (κ1) is 10.3. The summed E-state index contributed by atoms with van der Waals surface area (Å²) in [6.07, 6.45) is 5.90. The third kappa shape index (κ3) is 2.41. The van der Waals surface area contributed by atoms with Crippen LogP contribution >= 0.6 is 11.8 Å². The molecule has 0 aliphatic heterocycles. The van der Waals surface area contributed by atoms with Crippen LogP contribution in [0.25, 0.3) is 0 Å². The molecule has 2 rings (SSSR count). The van der Waals surface area contributed by atoms with E-state index in [9.17, 15) is 4.79 Å². The number of hydrogen-bond donors (Lipinski definition) is 1. The maximum absolute atomic E-state index is 11.1. The van der Waals surface area contributed by atoms with Crippen molar-refractivity contribution in [3.05, 3.63) is 18.0 Å². The van der Waals surface area contributed by atoms with Crippen LogP contribution in [-0.2, 0) is 0 Å². The average molecular weight is 224 g/mol. The van der Waals surface area contributed by atoms with Crippen LogP contribution in [0.2, 0.25) is 0 Å². The second-order valence-electron chi connectivity index (χ2n) is 3.40. The number of aromatic nitrogens is 1. The standard InChI is InChI=1S/C10H12N2O2S/c1-15-7-4-8(14-6-2-3-6)9(10(11)13)12-5-7/h4-6H,2-3H2,1H3,(H2,11,13). The first-order valence-electron chi connectivity index (χ1n) is 4.71. The SMILES string of the molecule is CSc1cnc(C(N)=O)c(OC2CC2)c1. The molecule has 0 atom stereocenters. The molecule has 5 heteroatoms. The second-order valence-corrected chi connectivity index (χ2v) is 4.28. The molecule has 0 unspecified atom stereocenters. The number of hydrogen-bond acceptors (Lipinski definition) is 4. The molecule has 1 aromatic heterocycles. The fourth-order valence-corrected chi connectivity index (χ4v) is 1.56. The van der Waals surface area contributed by atoms with E-state index in [0.29, 0.717) is 5.75 Å². The van der Waals surface area contributed by atoms with Gasteiger partial charge in [0.1, 0.15) is 0 Å². The normalized spacial score (nSPS) is 15.0. The molecular weight excluding hydrogens is 212 g/mol. The molecule has 2 N–H and O–H groups in total. The van der Waals surface area contributed by atoms with Crippen molar-refractivity contribution in [1.82, 2.24) is 4.98 Å². The van der Waals surface area contributed by atoms with Gasteiger partial charge in [0, 0.05) is 11.1 Å². The van der Waals surface area contributed by atoms with Crippen LogP contribution in [0.3, 0.4) is 0 Å². The van der Waals surface area contributed by atoms with Crippen molar-refractivity contribution in [2.75, 3.05) is 6.26 Å². The summed E-state index contributed by atoms with van der Waals surface area (Å²) in [5.74, 6) is -0.0323. The van der Waals surface area contributed by atoms with Gasteiger partial charge in [0.25, 0.3) is 5.91 Å². The number of carbonyl (C=O) groups excluding carboxylic acids is 1. The number of carbonyl (C=O) groups is 1. The largest absolute Gasteiger partial charge is 0.488 e. The minimum atomic E-state index is -0.543. The van der Waals surface area contributed by atoms with Crippen molar-refractivity contribution in [2.45, 2.75) is 23.8 Å². The summed E-state index contributed by atoms with van der Waals surface area (Å²) in [4.78, 5) is 16.1. The molecule has 1 amide bonds. The van der Waals surface area contributed by atoms with E-state index in [4.69, 9.17) is 10.5 Å². The van der Waals surface area contributed by atoms with E-state index < -0.39 is 5.91 Å². The molecule has 1 heterocycles. The van der Waals surface area contributed by atoms with E-state index in [1.54, 1.807) is 18.0 Å². The molecule has 80 valence electrons. The predicted octanol–water partition coefficient (Wildman–Crippen LogP) is 1.44. The number of primary amides is 1. The predicted molar refractivity (Wildman–Crippen MR) is 58.2 cm³/mol. The minimum absolute atomic E-state index is 0.222. The van der Waals surface area contributed by atoms with Crippen molar-refractivity contribution < 1.29 is 9.53 Å². The number of thioether (sulfide) groups is 1. The van der Waals surface area contributed by atoms with Crippen LogP contribution < -0.4 is 10.5 Å². The Bertz CT molecular complexity index is 391. The van der Waals surface area contributed by atoms with Gasteiger partial charge in [-0.3, -0.25) is 4.79 Å². The van der Waals surface area contributed by atoms with Crippen molar-refractivity contribution in [3.63, 3.8) is 0 Å². The zero-order chi connectivity index (χ0) is 10.8. The lowest BCUT2D eigenvalue weighted by atomic mass is 10.3. The third-order valence-electron chi connectivity index (χ3n) is 2.11. The van der Waals surface area contributed by atoms with Crippen LogP contribution in [0, 0.1) is 0 Å². The van der Waals surface area contributed by atoms with Gasteiger partial charge in [-0.25, -0.2) is 4.98 Å². The van der Waals surface area contributed by atoms with Gasteiger partial charge in [-0.15, -0.1) is 11.8 Å². The molecule has 1 saturated carbocycles. The maximum atomic E-state index is 11.1. The number of nitrogens with zero attached hydrogens (tertiary/aromatic N) is 1. The third-order valence-corrected chi connectivity index (χ3v) is 2.81. The molecule has 1 aliphatic carbocycles. The number of nitrogens with two attached hydrogens (primary N) is 1. The summed E-state index contributed by atoms with van der Waals surface area (Å²) < 4.78 is 5.58. The molecule has 0 radical (unpaired) electrons. The molecule has 1 fully saturated rings. The van der Waals surface area contributed by atoms with Crippen LogP contribution in [0.1, 0.15) is 23.3 Å². The van der Waals surface area contributed by atoms with Crippen molar-refractivity contribution in [3.8, 4) is 5.75 Å². The van der Waals surface area contributed by atoms with Crippen LogP contribution in [0.5, 0.6) is 5.75 Å². The Labute approximate surface area is 92.2 Å². The maximum Gasteiger partial charge on any atom is 0.271 e. The molecule has 0 spiro atoms. The zero-order valence-electron chi connectivity index (χ0n) is 8.40. The number of ether oxygens (including phenoxy) is 1. The van der Waals surface area contributed by atoms with Crippen molar-refractivity contribution >= 4 is 17.7 Å². The second kappa shape index (κ2) is 4.10. The van der Waals surface area contributed by atoms with Crippen molar-refractivity contribution in [1.29, 1.82) is 0 Å². The number of rotatable bonds is 4. The fourth-order valence-electron chi connectivity index (χ4n) is 1.18. The van der Waals surface area contributed by atoms with E-state index in [1.165, 1.54) is 0 Å². The summed E-state index contributed by atoms with van der Waals surface area (Å²) in [6.45, 7) is 0. The Morgan fingerprint density at radius 1 is 1.67 bits per heavy atom. The molecule has 1 aromatic rings. The molecule has 1 aliphatic rings. The van der Waals surface area contributed by atoms with Gasteiger partial charge in [0.2, 0.25) is 0 Å². The van der Waals surface area contributed by atoms with Gasteiger partial charge >= 0.3 is 0 Å². The van der Waals surface area contributed by atoms with Gasteiger partial charge in [-0.2, -0.15) is 0 Å². The van der Waals surface area contributed by atoms with Crippen LogP contribution in [0.15, 0.2) is 17.2 Å². The van der Waals surface area contributed by atoms with E-state index in [2.05, 4.69) is 4.98 Å². The number of pyridine rings is 1. The Morgan fingerprint density at radius 2 is 2.40 bits per heavy atom. The van der Waals surface area contributed by atoms with Crippen LogP contribution in [-0.4, -0.2) is 23.3 Å². The Balaban J connectivity index is 2.30. The minimum Gasteiger partial charge on any atom is -0.488 e. The van der Waals surface area contributed by atoms with E-state index in [1.807, 2.05) is 12.3 Å². The highest BCUT2D eigenvalue weighted by molar-refractivity contribution is 7.98. The van der Waals surface area contributed by atoms with Gasteiger partial charge in [0.15, 0.2) is 11.4 Å². The first-order chi connectivity index (χ1) is 7.20. The monoisotopic (exact) mass is 224 g/mol. The van der Waals surface area contributed by atoms with Crippen molar-refractivity contribution in [2.24, 2.45) is 5.73 Å². The fraction of sp³-hybridized carbons (Fsp3) is 0.400. The lowest BCUT2D eigenvalue weighted by Crippen LogP contribution is -2.15. The smallest absolute Gasteiger partial charge is 0.271 e. The first-order valence-corrected chi connectivity index (χ1v) is 5.93. The molecule has 0 aromatic carbocycles. The zero-order valence-corrected chi connectivity index (χ0v) is 9.21. The van der Waals surface area contributed by atoms with E-state index in [-0.39, 0.29) is 11.8 Å². The summed E-state index contributed by atoms with van der Waals surface area (Å²) >= 11 is 1.56. The highest BCUT2D eigenvalue weighted by Crippen LogP contribution is 2.30. The summed E-state index contributed by atoms with van der Waals surface area (Å²) in [5.41, 5.74) is 5.44. The molecule has 4 nitrogen and oxygen atoms in total. The summed E-state index contributed by atoms with van der Waals surface area (Å²) in [7, 11) is 0. The molecule has 0 bridgehead atoms. The average Bonchev–Trinajstić information content (AvgIpc) is 3.01. The van der Waals surface area contributed by atoms with E-state index >= 15 is 0 Å². The quantitative estimate of drug-likeness (QED) is 0.786. The van der Waals surface area contributed by atoms with E-state index in [0.717, 1.165) is 17.7 Å².